The van der Waals surface area contributed by atoms with Gasteiger partial charge in [0.25, 0.3) is 0 Å². The molecule has 0 amide bonds. The Hall–Kier alpha value is -5.80. The van der Waals surface area contributed by atoms with Crippen LogP contribution < -0.4 is 15.5 Å². The molecular weight excluding hydrogens is 699 g/mol. The van der Waals surface area contributed by atoms with Crippen LogP contribution in [0.3, 0.4) is 0 Å². The van der Waals surface area contributed by atoms with Gasteiger partial charge in [-0.1, -0.05) is 43.3 Å². The SMILES string of the molecule is CCC(C(C)O)n1ncn(-c2ccc(N3CCN(c4ccc(-c5ccc(C(F)(F)C(O)(Cn6nccn6)c6ccccc6F)nc5)cc4)CC3)cc2)c1=O. The molecule has 54 heavy (non-hydrogen) atoms. The third-order valence-electron chi connectivity index (χ3n) is 10.1. The normalized spacial score (nSPS) is 15.9. The highest BCUT2D eigenvalue weighted by Gasteiger charge is 2.58. The van der Waals surface area contributed by atoms with Crippen molar-refractivity contribution in [2.45, 2.75) is 50.5 Å². The van der Waals surface area contributed by atoms with Crippen LogP contribution in [0.2, 0.25) is 0 Å². The van der Waals surface area contributed by atoms with Crippen LogP contribution in [0, 0.1) is 5.82 Å². The van der Waals surface area contributed by atoms with Gasteiger partial charge in [-0.15, -0.1) is 0 Å². The molecule has 3 atom stereocenters. The summed E-state index contributed by atoms with van der Waals surface area (Å²) in [5.74, 6) is -5.00. The van der Waals surface area contributed by atoms with Crippen LogP contribution in [0.5, 0.6) is 0 Å². The molecule has 1 aliphatic rings. The van der Waals surface area contributed by atoms with Gasteiger partial charge in [-0.3, -0.25) is 4.98 Å². The monoisotopic (exact) mass is 739 g/mol. The van der Waals surface area contributed by atoms with Crippen molar-refractivity contribution >= 4 is 11.4 Å². The average Bonchev–Trinajstić information content (AvgIpc) is 3.84. The summed E-state index contributed by atoms with van der Waals surface area (Å²) in [7, 11) is 0. The molecular formula is C39H40F3N9O3. The van der Waals surface area contributed by atoms with Gasteiger partial charge in [0.15, 0.2) is 5.60 Å². The number of rotatable bonds is 12. The van der Waals surface area contributed by atoms with Crippen molar-refractivity contribution in [3.63, 3.8) is 0 Å². The maximum Gasteiger partial charge on any atom is 0.350 e. The van der Waals surface area contributed by atoms with E-state index < -0.39 is 47.3 Å². The number of aliphatic hydroxyl groups is 2. The minimum Gasteiger partial charge on any atom is -0.391 e. The lowest BCUT2D eigenvalue weighted by atomic mass is 9.84. The molecule has 6 aromatic rings. The maximum atomic E-state index is 16.2. The molecule has 0 saturated carbocycles. The molecule has 7 rings (SSSR count). The van der Waals surface area contributed by atoms with Crippen LogP contribution in [0.1, 0.15) is 37.6 Å². The third kappa shape index (κ3) is 6.87. The number of pyridine rings is 1. The molecule has 4 heterocycles. The van der Waals surface area contributed by atoms with E-state index in [9.17, 15) is 19.4 Å². The van der Waals surface area contributed by atoms with E-state index in [1.807, 2.05) is 55.5 Å². The second-order valence-electron chi connectivity index (χ2n) is 13.4. The van der Waals surface area contributed by atoms with E-state index in [1.165, 1.54) is 52.4 Å². The lowest BCUT2D eigenvalue weighted by Crippen LogP contribution is -2.48. The maximum absolute atomic E-state index is 16.2. The van der Waals surface area contributed by atoms with Gasteiger partial charge in [0.2, 0.25) is 0 Å². The number of nitrogens with zero attached hydrogens (tertiary/aromatic N) is 9. The quantitative estimate of drug-likeness (QED) is 0.175. The predicted molar refractivity (Wildman–Crippen MR) is 197 cm³/mol. The molecule has 0 radical (unpaired) electrons. The van der Waals surface area contributed by atoms with E-state index in [1.54, 1.807) is 6.92 Å². The van der Waals surface area contributed by atoms with Gasteiger partial charge in [-0.25, -0.2) is 18.4 Å². The molecule has 0 bridgehead atoms. The van der Waals surface area contributed by atoms with E-state index in [0.717, 1.165) is 66.1 Å². The van der Waals surface area contributed by atoms with Crippen LogP contribution in [0.25, 0.3) is 16.8 Å². The Bertz CT molecular complexity index is 2220. The van der Waals surface area contributed by atoms with Gasteiger partial charge in [-0.05, 0) is 67.4 Å². The summed E-state index contributed by atoms with van der Waals surface area (Å²) in [5.41, 5.74) is -0.533. The van der Waals surface area contributed by atoms with Gasteiger partial charge < -0.3 is 20.0 Å². The van der Waals surface area contributed by atoms with Crippen LogP contribution in [-0.2, 0) is 18.1 Å². The zero-order chi connectivity index (χ0) is 38.0. The van der Waals surface area contributed by atoms with Gasteiger partial charge >= 0.3 is 11.6 Å². The van der Waals surface area contributed by atoms with E-state index in [2.05, 4.69) is 30.1 Å². The number of hydrogen-bond acceptors (Lipinski definition) is 9. The van der Waals surface area contributed by atoms with Crippen molar-refractivity contribution in [2.75, 3.05) is 36.0 Å². The molecule has 280 valence electrons. The number of aliphatic hydroxyl groups excluding tert-OH is 1. The first-order chi connectivity index (χ1) is 26.0. The van der Waals surface area contributed by atoms with Crippen molar-refractivity contribution in [3.8, 4) is 16.8 Å². The fourth-order valence-corrected chi connectivity index (χ4v) is 6.99. The van der Waals surface area contributed by atoms with Crippen LogP contribution >= 0.6 is 0 Å². The number of benzene rings is 3. The summed E-state index contributed by atoms with van der Waals surface area (Å²) in [6.45, 7) is 5.86. The Morgan fingerprint density at radius 1 is 0.796 bits per heavy atom. The molecule has 0 aliphatic carbocycles. The lowest BCUT2D eigenvalue weighted by molar-refractivity contribution is -0.208. The van der Waals surface area contributed by atoms with E-state index in [-0.39, 0.29) is 5.69 Å². The Balaban J connectivity index is 1.000. The highest BCUT2D eigenvalue weighted by atomic mass is 19.3. The number of alkyl halides is 2. The molecule has 0 spiro atoms. The molecule has 1 aliphatic heterocycles. The number of anilines is 2. The number of halogens is 3. The largest absolute Gasteiger partial charge is 0.391 e. The Kier molecular flexibility index (Phi) is 10.1. The summed E-state index contributed by atoms with van der Waals surface area (Å²) in [4.78, 5) is 22.5. The highest BCUT2D eigenvalue weighted by molar-refractivity contribution is 5.66. The molecule has 12 nitrogen and oxygen atoms in total. The summed E-state index contributed by atoms with van der Waals surface area (Å²) >= 11 is 0. The van der Waals surface area contributed by atoms with Gasteiger partial charge in [0.05, 0.1) is 30.2 Å². The standard InChI is InChI=1S/C39H40F3N9O3/c1-3-35(27(2)52)51-37(53)49(26-46-51)32-15-13-31(14-16-32)48-22-20-47(21-23-48)30-11-8-28(9-12-30)29-10-17-36(43-24-29)39(41,42)38(54,25-50-44-18-19-45-50)33-6-4-5-7-34(33)40/h4-19,24,26-27,35,52,54H,3,20-23,25H2,1-2H3. The Labute approximate surface area is 309 Å². The average molecular weight is 740 g/mol. The van der Waals surface area contributed by atoms with Crippen LogP contribution in [0.4, 0.5) is 24.5 Å². The zero-order valence-electron chi connectivity index (χ0n) is 29.8. The summed E-state index contributed by atoms with van der Waals surface area (Å²) in [6.07, 6.45) is 5.25. The van der Waals surface area contributed by atoms with Crippen molar-refractivity contribution in [2.24, 2.45) is 0 Å². The Morgan fingerprint density at radius 2 is 1.37 bits per heavy atom. The summed E-state index contributed by atoms with van der Waals surface area (Å²) in [5, 5.41) is 33.5. The predicted octanol–water partition coefficient (Wildman–Crippen LogP) is 5.16. The topological polar surface area (TPSA) is 130 Å². The van der Waals surface area contributed by atoms with E-state index >= 15 is 8.78 Å². The molecule has 1 fully saturated rings. The molecule has 15 heteroatoms. The first-order valence-corrected chi connectivity index (χ1v) is 17.7. The molecule has 2 N–H and O–H groups in total. The second-order valence-corrected chi connectivity index (χ2v) is 13.4. The highest BCUT2D eigenvalue weighted by Crippen LogP contribution is 2.46. The third-order valence-corrected chi connectivity index (χ3v) is 10.1. The Morgan fingerprint density at radius 3 is 1.93 bits per heavy atom. The van der Waals surface area contributed by atoms with Gasteiger partial charge in [0, 0.05) is 54.9 Å². The minimum atomic E-state index is -4.02. The summed E-state index contributed by atoms with van der Waals surface area (Å²) < 4.78 is 50.0. The van der Waals surface area contributed by atoms with Crippen LogP contribution in [0.15, 0.2) is 115 Å². The second kappa shape index (κ2) is 14.9. The van der Waals surface area contributed by atoms with E-state index in [4.69, 9.17) is 0 Å². The fourth-order valence-electron chi connectivity index (χ4n) is 6.99. The van der Waals surface area contributed by atoms with Crippen molar-refractivity contribution in [3.05, 3.63) is 137 Å². The fraction of sp³-hybridized carbons (Fsp3) is 0.308. The van der Waals surface area contributed by atoms with E-state index in [0.29, 0.717) is 17.7 Å². The molecule has 1 saturated heterocycles. The van der Waals surface area contributed by atoms with Crippen LogP contribution in [-0.4, -0.2) is 76.8 Å². The lowest BCUT2D eigenvalue weighted by Gasteiger charge is -2.37. The number of piperazine rings is 1. The number of aromatic nitrogens is 7. The molecule has 3 aromatic carbocycles. The number of hydrogen-bond donors (Lipinski definition) is 2. The van der Waals surface area contributed by atoms with Crippen molar-refractivity contribution in [1.82, 2.24) is 34.3 Å². The zero-order valence-corrected chi connectivity index (χ0v) is 29.8. The van der Waals surface area contributed by atoms with Gasteiger partial charge in [0.1, 0.15) is 24.4 Å². The van der Waals surface area contributed by atoms with Crippen molar-refractivity contribution < 1.29 is 23.4 Å². The minimum absolute atomic E-state index is 0.297. The van der Waals surface area contributed by atoms with Gasteiger partial charge in [-0.2, -0.15) is 28.9 Å². The first-order valence-electron chi connectivity index (χ1n) is 17.7. The smallest absolute Gasteiger partial charge is 0.350 e. The summed E-state index contributed by atoms with van der Waals surface area (Å²) in [6, 6.07) is 22.6. The first kappa shape index (κ1) is 36.6. The molecule has 3 aromatic heterocycles. The van der Waals surface area contributed by atoms with Crippen molar-refractivity contribution in [1.29, 1.82) is 0 Å². The molecule has 3 unspecified atom stereocenters.